The molecule has 1 atom stereocenters. The minimum absolute atomic E-state index is 0.0536. The van der Waals surface area contributed by atoms with Gasteiger partial charge in [0, 0.05) is 18.5 Å². The van der Waals surface area contributed by atoms with E-state index in [9.17, 15) is 18.0 Å². The van der Waals surface area contributed by atoms with E-state index < -0.39 is 17.9 Å². The number of anilines is 1. The van der Waals surface area contributed by atoms with Crippen molar-refractivity contribution >= 4 is 22.5 Å². The van der Waals surface area contributed by atoms with E-state index >= 15 is 0 Å². The highest BCUT2D eigenvalue weighted by molar-refractivity contribution is 7.13. The van der Waals surface area contributed by atoms with Crippen LogP contribution in [-0.4, -0.2) is 42.1 Å². The van der Waals surface area contributed by atoms with E-state index in [0.717, 1.165) is 55.1 Å². The molecule has 1 saturated heterocycles. The molecule has 0 bridgehead atoms. The Kier molecular flexibility index (Phi) is 6.85. The molecule has 2 rings (SSSR count). The van der Waals surface area contributed by atoms with Gasteiger partial charge in [-0.1, -0.05) is 6.92 Å². The molecule has 1 aliphatic heterocycles. The number of amides is 2. The Morgan fingerprint density at radius 3 is 2.92 bits per heavy atom. The number of thiazole rings is 1. The second kappa shape index (κ2) is 8.66. The predicted molar refractivity (Wildman–Crippen MR) is 88.2 cm³/mol. The summed E-state index contributed by atoms with van der Waals surface area (Å²) in [5.74, 6) is 0.752. The molecule has 2 heterocycles. The molecule has 2 amide bonds. The number of piperidine rings is 1. The van der Waals surface area contributed by atoms with Gasteiger partial charge in [-0.05, 0) is 44.7 Å². The first-order valence-corrected chi connectivity index (χ1v) is 9.02. The fourth-order valence-electron chi connectivity index (χ4n) is 2.75. The number of halogens is 3. The fraction of sp³-hybridized carbons (Fsp3) is 0.733. The van der Waals surface area contributed by atoms with Crippen LogP contribution in [0.25, 0.3) is 0 Å². The quantitative estimate of drug-likeness (QED) is 0.755. The van der Waals surface area contributed by atoms with Crippen LogP contribution in [0.3, 0.4) is 0 Å². The van der Waals surface area contributed by atoms with E-state index in [4.69, 9.17) is 0 Å². The summed E-state index contributed by atoms with van der Waals surface area (Å²) in [6.07, 6.45) is -0.119. The minimum Gasteiger partial charge on any atom is -0.338 e. The number of carbonyl (C=O) groups excluding carboxylic acids is 1. The van der Waals surface area contributed by atoms with Crippen molar-refractivity contribution in [1.29, 1.82) is 0 Å². The fourth-order valence-corrected chi connectivity index (χ4v) is 3.47. The predicted octanol–water partition coefficient (Wildman–Crippen LogP) is 3.80. The Balaban J connectivity index is 1.59. The number of carbonyl (C=O) groups is 1. The molecule has 136 valence electrons. The molecule has 0 saturated carbocycles. The SMILES string of the molecule is CC1CCCN(CCCCNC(=O)Nc2nc(C(F)(F)F)cs2)C1. The molecule has 0 aromatic carbocycles. The molecule has 5 nitrogen and oxygen atoms in total. The number of hydrogen-bond donors (Lipinski definition) is 2. The summed E-state index contributed by atoms with van der Waals surface area (Å²) in [6, 6.07) is -0.523. The maximum absolute atomic E-state index is 12.4. The zero-order valence-electron chi connectivity index (χ0n) is 13.7. The average Bonchev–Trinajstić information content (AvgIpc) is 2.95. The van der Waals surface area contributed by atoms with Crippen LogP contribution in [0.1, 0.15) is 38.3 Å². The molecule has 0 spiro atoms. The van der Waals surface area contributed by atoms with E-state index in [1.165, 1.54) is 12.8 Å². The topological polar surface area (TPSA) is 57.3 Å². The summed E-state index contributed by atoms with van der Waals surface area (Å²) < 4.78 is 37.2. The highest BCUT2D eigenvalue weighted by atomic mass is 32.1. The number of hydrogen-bond acceptors (Lipinski definition) is 4. The van der Waals surface area contributed by atoms with Crippen LogP contribution in [0.2, 0.25) is 0 Å². The highest BCUT2D eigenvalue weighted by Gasteiger charge is 2.33. The van der Waals surface area contributed by atoms with Crippen molar-refractivity contribution in [2.75, 3.05) is 31.5 Å². The molecule has 1 aromatic rings. The highest BCUT2D eigenvalue weighted by Crippen LogP contribution is 2.31. The van der Waals surface area contributed by atoms with Crippen molar-refractivity contribution in [2.45, 2.75) is 38.8 Å². The number of likely N-dealkylation sites (tertiary alicyclic amines) is 1. The standard InChI is InChI=1S/C15H23F3N4OS/c1-11-5-4-8-22(9-11)7-3-2-6-19-13(23)21-14-20-12(10-24-14)15(16,17)18/h10-11H,2-9H2,1H3,(H2,19,20,21,23). The summed E-state index contributed by atoms with van der Waals surface area (Å²) in [4.78, 5) is 17.4. The molecule has 0 radical (unpaired) electrons. The molecule has 0 aliphatic carbocycles. The van der Waals surface area contributed by atoms with E-state index in [1.807, 2.05) is 0 Å². The van der Waals surface area contributed by atoms with Crippen molar-refractivity contribution in [2.24, 2.45) is 5.92 Å². The number of aromatic nitrogens is 1. The Hall–Kier alpha value is -1.35. The van der Waals surface area contributed by atoms with Gasteiger partial charge in [-0.15, -0.1) is 11.3 Å². The summed E-state index contributed by atoms with van der Waals surface area (Å²) in [7, 11) is 0. The van der Waals surface area contributed by atoms with E-state index in [-0.39, 0.29) is 5.13 Å². The Labute approximate surface area is 143 Å². The van der Waals surface area contributed by atoms with Crippen molar-refractivity contribution in [3.63, 3.8) is 0 Å². The molecule has 2 N–H and O–H groups in total. The number of nitrogens with one attached hydrogen (secondary N) is 2. The Morgan fingerprint density at radius 2 is 2.25 bits per heavy atom. The van der Waals surface area contributed by atoms with Crippen LogP contribution in [-0.2, 0) is 6.18 Å². The average molecular weight is 364 g/mol. The van der Waals surface area contributed by atoms with Gasteiger partial charge < -0.3 is 10.2 Å². The van der Waals surface area contributed by atoms with Crippen LogP contribution in [0.5, 0.6) is 0 Å². The summed E-state index contributed by atoms with van der Waals surface area (Å²) in [6.45, 7) is 6.06. The third-order valence-electron chi connectivity index (χ3n) is 3.94. The van der Waals surface area contributed by atoms with Gasteiger partial charge in [0.2, 0.25) is 0 Å². The van der Waals surface area contributed by atoms with E-state index in [0.29, 0.717) is 6.54 Å². The monoisotopic (exact) mass is 364 g/mol. The number of alkyl halides is 3. The van der Waals surface area contributed by atoms with Crippen molar-refractivity contribution in [3.8, 4) is 0 Å². The van der Waals surface area contributed by atoms with Gasteiger partial charge in [-0.3, -0.25) is 5.32 Å². The van der Waals surface area contributed by atoms with E-state index in [2.05, 4.69) is 27.4 Å². The van der Waals surface area contributed by atoms with Crippen molar-refractivity contribution in [3.05, 3.63) is 11.1 Å². The third-order valence-corrected chi connectivity index (χ3v) is 4.70. The first kappa shape index (κ1) is 19.0. The van der Waals surface area contributed by atoms with Gasteiger partial charge in [-0.25, -0.2) is 9.78 Å². The second-order valence-electron chi connectivity index (χ2n) is 6.17. The Bertz CT molecular complexity index is 535. The molecular formula is C15H23F3N4OS. The number of urea groups is 1. The molecule has 1 fully saturated rings. The zero-order chi connectivity index (χ0) is 17.6. The first-order chi connectivity index (χ1) is 11.3. The van der Waals surface area contributed by atoms with Crippen LogP contribution in [0.4, 0.5) is 23.1 Å². The van der Waals surface area contributed by atoms with E-state index in [1.54, 1.807) is 0 Å². The lowest BCUT2D eigenvalue weighted by molar-refractivity contribution is -0.140. The van der Waals surface area contributed by atoms with Crippen LogP contribution in [0, 0.1) is 5.92 Å². The first-order valence-electron chi connectivity index (χ1n) is 8.14. The number of rotatable bonds is 6. The van der Waals surface area contributed by atoms with Gasteiger partial charge in [0.1, 0.15) is 0 Å². The lowest BCUT2D eigenvalue weighted by Gasteiger charge is -2.30. The third kappa shape index (κ3) is 6.27. The van der Waals surface area contributed by atoms with Gasteiger partial charge in [0.15, 0.2) is 10.8 Å². The van der Waals surface area contributed by atoms with Gasteiger partial charge >= 0.3 is 12.2 Å². The molecule has 1 unspecified atom stereocenters. The minimum atomic E-state index is -4.49. The molecule has 1 aromatic heterocycles. The molecule has 1 aliphatic rings. The largest absolute Gasteiger partial charge is 0.434 e. The van der Waals surface area contributed by atoms with Crippen LogP contribution >= 0.6 is 11.3 Å². The summed E-state index contributed by atoms with van der Waals surface area (Å²) in [5.41, 5.74) is -0.987. The van der Waals surface area contributed by atoms with Gasteiger partial charge in [0.25, 0.3) is 0 Å². The number of unbranched alkanes of at least 4 members (excludes halogenated alkanes) is 1. The van der Waals surface area contributed by atoms with Gasteiger partial charge in [-0.2, -0.15) is 13.2 Å². The lowest BCUT2D eigenvalue weighted by atomic mass is 10.0. The normalized spacial score (nSPS) is 19.2. The van der Waals surface area contributed by atoms with Gasteiger partial charge in [0.05, 0.1) is 0 Å². The summed E-state index contributed by atoms with van der Waals surface area (Å²) in [5, 5.41) is 5.80. The molecule has 9 heteroatoms. The lowest BCUT2D eigenvalue weighted by Crippen LogP contribution is -2.35. The second-order valence-corrected chi connectivity index (χ2v) is 7.03. The van der Waals surface area contributed by atoms with Crippen LogP contribution in [0.15, 0.2) is 5.38 Å². The number of nitrogens with zero attached hydrogens (tertiary/aromatic N) is 2. The van der Waals surface area contributed by atoms with Crippen molar-refractivity contribution in [1.82, 2.24) is 15.2 Å². The van der Waals surface area contributed by atoms with Crippen molar-refractivity contribution < 1.29 is 18.0 Å². The zero-order valence-corrected chi connectivity index (χ0v) is 14.5. The maximum Gasteiger partial charge on any atom is 0.434 e. The Morgan fingerprint density at radius 1 is 1.46 bits per heavy atom. The van der Waals surface area contributed by atoms with Crippen LogP contribution < -0.4 is 10.6 Å². The molecule has 24 heavy (non-hydrogen) atoms. The maximum atomic E-state index is 12.4. The molecular weight excluding hydrogens is 341 g/mol. The summed E-state index contributed by atoms with van der Waals surface area (Å²) >= 11 is 0.758. The smallest absolute Gasteiger partial charge is 0.338 e.